The number of aliphatic carboxylic acids is 2. The highest BCUT2D eigenvalue weighted by Crippen LogP contribution is 2.03. The van der Waals surface area contributed by atoms with Crippen LogP contribution in [0.15, 0.2) is 0 Å². The topological polar surface area (TPSA) is 173 Å². The number of quaternary nitrogens is 2. The molecule has 0 aromatic carbocycles. The largest absolute Gasteiger partial charge is 0.550 e. The van der Waals surface area contributed by atoms with Crippen LogP contribution in [0.3, 0.4) is 0 Å². The van der Waals surface area contributed by atoms with Crippen LogP contribution in [-0.4, -0.2) is 23.7 Å². The first-order chi connectivity index (χ1) is 7.04. The van der Waals surface area contributed by atoms with E-state index in [0.29, 0.717) is 12.8 Å². The molecule has 0 saturated heterocycles. The summed E-state index contributed by atoms with van der Waals surface area (Å²) in [5, 5.41) is 27.4. The summed E-state index contributed by atoms with van der Waals surface area (Å²) in [6, 6.07) is 0. The lowest BCUT2D eigenvalue weighted by Gasteiger charge is -2.02. The minimum atomic E-state index is -1.05. The van der Waals surface area contributed by atoms with E-state index >= 15 is 0 Å². The van der Waals surface area contributed by atoms with Crippen LogP contribution in [0, 0.1) is 0 Å². The molecule has 0 saturated carbocycles. The van der Waals surface area contributed by atoms with Gasteiger partial charge in [-0.1, -0.05) is 12.8 Å². The van der Waals surface area contributed by atoms with Crippen molar-refractivity contribution in [3.8, 4) is 0 Å². The molecule has 9 N–H and O–H groups in total. The monoisotopic (exact) mass is 254 g/mol. The summed E-state index contributed by atoms with van der Waals surface area (Å²) < 4.78 is 0. The van der Waals surface area contributed by atoms with E-state index in [-0.39, 0.29) is 31.7 Å². The Hall–Kier alpha value is -1.18. The molecule has 0 aliphatic carbocycles. The molecule has 17 heavy (non-hydrogen) atoms. The maximum atomic E-state index is 9.92. The number of carboxylic acid groups (broad SMARTS) is 2. The van der Waals surface area contributed by atoms with Gasteiger partial charge in [0.05, 0.1) is 0 Å². The van der Waals surface area contributed by atoms with Gasteiger partial charge >= 0.3 is 0 Å². The molecule has 0 unspecified atom stereocenters. The third kappa shape index (κ3) is 39.8. The predicted octanol–water partition coefficient (Wildman–Crippen LogP) is -0.422. The molecular weight excluding hydrogens is 228 g/mol. The van der Waals surface area contributed by atoms with Crippen LogP contribution < -0.4 is 22.5 Å². The van der Waals surface area contributed by atoms with Crippen LogP contribution in [0.25, 0.3) is 0 Å². The zero-order valence-corrected chi connectivity index (χ0v) is 11.0. The van der Waals surface area contributed by atoms with Crippen molar-refractivity contribution < 1.29 is 24.9 Å². The lowest BCUT2D eigenvalue weighted by Crippen LogP contribution is -2.22. The number of aliphatic hydroxyl groups is 1. The molecule has 0 aromatic rings. The second-order valence-corrected chi connectivity index (χ2v) is 2.97. The Balaban J connectivity index is -0.000000152. The van der Waals surface area contributed by atoms with E-state index in [1.54, 1.807) is 6.92 Å². The number of carbonyl (C=O) groups excluding carboxylic acids is 2. The van der Waals surface area contributed by atoms with Crippen molar-refractivity contribution >= 4 is 11.9 Å². The first-order valence-electron chi connectivity index (χ1n) is 5.05. The van der Waals surface area contributed by atoms with Gasteiger partial charge in [-0.25, -0.2) is 0 Å². The van der Waals surface area contributed by atoms with E-state index in [1.807, 2.05) is 0 Å². The molecule has 0 bridgehead atoms. The van der Waals surface area contributed by atoms with Gasteiger partial charge in [-0.05, 0) is 32.6 Å². The minimum absolute atomic E-state index is 0. The maximum absolute atomic E-state index is 9.92. The summed E-state index contributed by atoms with van der Waals surface area (Å²) in [6.07, 6.45) is 2.73. The van der Waals surface area contributed by atoms with E-state index < -0.39 is 11.9 Å². The average Bonchev–Trinajstić information content (AvgIpc) is 2.11. The van der Waals surface area contributed by atoms with E-state index in [0.717, 1.165) is 12.8 Å². The summed E-state index contributed by atoms with van der Waals surface area (Å²) in [5.41, 5.74) is 0. The normalized spacial score (nSPS) is 7.88. The Morgan fingerprint density at radius 2 is 1.12 bits per heavy atom. The third-order valence-electron chi connectivity index (χ3n) is 1.51. The highest BCUT2D eigenvalue weighted by Gasteiger charge is 1.91. The van der Waals surface area contributed by atoms with Gasteiger partial charge in [0.25, 0.3) is 0 Å². The van der Waals surface area contributed by atoms with E-state index in [1.165, 1.54) is 0 Å². The first-order valence-corrected chi connectivity index (χ1v) is 5.05. The van der Waals surface area contributed by atoms with Crippen molar-refractivity contribution in [1.29, 1.82) is 0 Å². The number of aliphatic hydroxyl groups excluding tert-OH is 1. The van der Waals surface area contributed by atoms with Crippen molar-refractivity contribution in [3.05, 3.63) is 0 Å². The lowest BCUT2D eigenvalue weighted by molar-refractivity contribution is -0.307. The highest BCUT2D eigenvalue weighted by molar-refractivity contribution is 5.64. The molecule has 0 radical (unpaired) electrons. The van der Waals surface area contributed by atoms with Gasteiger partial charge < -0.3 is 37.2 Å². The standard InChI is InChI=1S/C8H14O4.C2H6O.2H3N/c9-7(10)5-3-1-2-4-6-8(11)12;1-2-3;;/h1-6H2,(H,9,10)(H,11,12);3H,2H2,1H3;2*1H3. The Morgan fingerprint density at radius 3 is 1.29 bits per heavy atom. The summed E-state index contributed by atoms with van der Waals surface area (Å²) in [5.74, 6) is -2.09. The second kappa shape index (κ2) is 20.3. The molecule has 0 rings (SSSR count). The summed E-state index contributed by atoms with van der Waals surface area (Å²) in [4.78, 5) is 19.8. The molecule has 0 amide bonds. The van der Waals surface area contributed by atoms with Crippen LogP contribution in [0.4, 0.5) is 0 Å². The van der Waals surface area contributed by atoms with Crippen LogP contribution in [0.1, 0.15) is 45.4 Å². The molecule has 106 valence electrons. The Labute approximate surface area is 102 Å². The van der Waals surface area contributed by atoms with Crippen molar-refractivity contribution in [3.63, 3.8) is 0 Å². The van der Waals surface area contributed by atoms with Crippen molar-refractivity contribution in [1.82, 2.24) is 12.3 Å². The number of rotatable bonds is 7. The van der Waals surface area contributed by atoms with Gasteiger partial charge in [0.2, 0.25) is 0 Å². The lowest BCUT2D eigenvalue weighted by atomic mass is 10.1. The van der Waals surface area contributed by atoms with E-state index in [9.17, 15) is 19.8 Å². The predicted molar refractivity (Wildman–Crippen MR) is 62.4 cm³/mol. The SMILES string of the molecule is CCO.O=C([O-])CCCCCCC(=O)[O-].[NH4+].[NH4+]. The van der Waals surface area contributed by atoms with Crippen LogP contribution in [0.5, 0.6) is 0 Å². The first kappa shape index (κ1) is 24.9. The summed E-state index contributed by atoms with van der Waals surface area (Å²) >= 11 is 0. The highest BCUT2D eigenvalue weighted by atomic mass is 16.4. The fourth-order valence-corrected chi connectivity index (χ4v) is 0.892. The molecular formula is C10H26N2O5. The van der Waals surface area contributed by atoms with Gasteiger partial charge in [-0.15, -0.1) is 0 Å². The smallest absolute Gasteiger partial charge is 0.0414 e. The van der Waals surface area contributed by atoms with E-state index in [2.05, 4.69) is 0 Å². The van der Waals surface area contributed by atoms with Crippen molar-refractivity contribution in [2.24, 2.45) is 0 Å². The number of hydrogen-bond donors (Lipinski definition) is 3. The quantitative estimate of drug-likeness (QED) is 0.522. The zero-order chi connectivity index (χ0) is 12.1. The van der Waals surface area contributed by atoms with Gasteiger partial charge in [0, 0.05) is 18.5 Å². The Kier molecular flexibility index (Phi) is 29.6. The summed E-state index contributed by atoms with van der Waals surface area (Å²) in [7, 11) is 0. The van der Waals surface area contributed by atoms with Gasteiger partial charge in [-0.2, -0.15) is 0 Å². The molecule has 0 atom stereocenters. The molecule has 0 spiro atoms. The average molecular weight is 254 g/mol. The van der Waals surface area contributed by atoms with Crippen molar-refractivity contribution in [2.75, 3.05) is 6.61 Å². The molecule has 0 aromatic heterocycles. The fraction of sp³-hybridized carbons (Fsp3) is 0.800. The third-order valence-corrected chi connectivity index (χ3v) is 1.51. The summed E-state index contributed by atoms with van der Waals surface area (Å²) in [6.45, 7) is 1.93. The van der Waals surface area contributed by atoms with Crippen molar-refractivity contribution in [2.45, 2.75) is 45.4 Å². The number of hydrogen-bond acceptors (Lipinski definition) is 5. The van der Waals surface area contributed by atoms with Gasteiger partial charge in [0.1, 0.15) is 0 Å². The molecule has 7 nitrogen and oxygen atoms in total. The van der Waals surface area contributed by atoms with Crippen LogP contribution in [-0.2, 0) is 9.59 Å². The maximum Gasteiger partial charge on any atom is 0.0414 e. The molecule has 0 fully saturated rings. The number of carboxylic acids is 2. The Bertz CT molecular complexity index is 158. The fourth-order valence-electron chi connectivity index (χ4n) is 0.892. The molecule has 0 heterocycles. The molecule has 7 heteroatoms. The molecule has 0 aliphatic heterocycles. The second-order valence-electron chi connectivity index (χ2n) is 2.97. The van der Waals surface area contributed by atoms with E-state index in [4.69, 9.17) is 5.11 Å². The van der Waals surface area contributed by atoms with Crippen LogP contribution in [0.2, 0.25) is 0 Å². The van der Waals surface area contributed by atoms with Gasteiger partial charge in [0.15, 0.2) is 0 Å². The van der Waals surface area contributed by atoms with Gasteiger partial charge in [-0.3, -0.25) is 0 Å². The minimum Gasteiger partial charge on any atom is -0.550 e. The zero-order valence-electron chi connectivity index (χ0n) is 11.0. The Morgan fingerprint density at radius 1 is 0.882 bits per heavy atom. The number of carbonyl (C=O) groups is 2. The number of unbranched alkanes of at least 4 members (excludes halogenated alkanes) is 3. The molecule has 0 aliphatic rings. The van der Waals surface area contributed by atoms with Crippen LogP contribution >= 0.6 is 0 Å².